The summed E-state index contributed by atoms with van der Waals surface area (Å²) in [6, 6.07) is 8.63. The van der Waals surface area contributed by atoms with Gasteiger partial charge in [0.25, 0.3) is 0 Å². The molecule has 1 aromatic heterocycles. The Kier molecular flexibility index (Phi) is 4.73. The van der Waals surface area contributed by atoms with Gasteiger partial charge in [-0.1, -0.05) is 31.0 Å². The molecule has 6 heteroatoms. The molecule has 2 aromatic rings. The maximum atomic E-state index is 13.3. The molecule has 1 aromatic carbocycles. The third-order valence-electron chi connectivity index (χ3n) is 5.01. The van der Waals surface area contributed by atoms with Gasteiger partial charge < -0.3 is 9.88 Å². The van der Waals surface area contributed by atoms with Gasteiger partial charge in [0, 0.05) is 18.7 Å². The molecule has 25 heavy (non-hydrogen) atoms. The van der Waals surface area contributed by atoms with Crippen LogP contribution < -0.4 is 5.32 Å². The molecule has 1 aliphatic carbocycles. The van der Waals surface area contributed by atoms with Crippen LogP contribution in [0.5, 0.6) is 0 Å². The molecule has 0 spiro atoms. The molecule has 0 saturated heterocycles. The van der Waals surface area contributed by atoms with Crippen molar-refractivity contribution in [2.75, 3.05) is 5.32 Å². The average Bonchev–Trinajstić information content (AvgIpc) is 3.16. The van der Waals surface area contributed by atoms with Crippen LogP contribution >= 0.6 is 0 Å². The third-order valence-corrected chi connectivity index (χ3v) is 6.94. The second kappa shape index (κ2) is 6.67. The van der Waals surface area contributed by atoms with E-state index < -0.39 is 9.84 Å². The van der Waals surface area contributed by atoms with E-state index in [0.717, 1.165) is 31.4 Å². The SMILES string of the molecule is CC(=O)Nc1c(S(=O)(=O)c2ccccc2)c(C)c(C)n1C1CCCC1. The van der Waals surface area contributed by atoms with Crippen LogP contribution in [0.3, 0.4) is 0 Å². The van der Waals surface area contributed by atoms with Gasteiger partial charge >= 0.3 is 0 Å². The summed E-state index contributed by atoms with van der Waals surface area (Å²) < 4.78 is 28.6. The van der Waals surface area contributed by atoms with Crippen molar-refractivity contribution >= 4 is 21.6 Å². The topological polar surface area (TPSA) is 68.2 Å². The highest BCUT2D eigenvalue weighted by Gasteiger charge is 2.33. The first-order valence-electron chi connectivity index (χ1n) is 8.63. The number of aromatic nitrogens is 1. The zero-order valence-corrected chi connectivity index (χ0v) is 15.7. The number of anilines is 1. The molecule has 0 unspecified atom stereocenters. The molecule has 1 aliphatic rings. The quantitative estimate of drug-likeness (QED) is 0.896. The smallest absolute Gasteiger partial charge is 0.222 e. The molecule has 3 rings (SSSR count). The molecule has 1 amide bonds. The second-order valence-electron chi connectivity index (χ2n) is 6.69. The van der Waals surface area contributed by atoms with E-state index in [4.69, 9.17) is 0 Å². The highest BCUT2D eigenvalue weighted by molar-refractivity contribution is 7.91. The zero-order chi connectivity index (χ0) is 18.2. The van der Waals surface area contributed by atoms with Crippen molar-refractivity contribution < 1.29 is 13.2 Å². The lowest BCUT2D eigenvalue weighted by Gasteiger charge is -2.19. The molecule has 1 fully saturated rings. The number of nitrogens with zero attached hydrogens (tertiary/aromatic N) is 1. The third kappa shape index (κ3) is 3.11. The molecule has 0 atom stereocenters. The predicted molar refractivity (Wildman–Crippen MR) is 97.6 cm³/mol. The molecular weight excluding hydrogens is 336 g/mol. The number of hydrogen-bond donors (Lipinski definition) is 1. The van der Waals surface area contributed by atoms with E-state index in [2.05, 4.69) is 5.32 Å². The minimum absolute atomic E-state index is 0.221. The fourth-order valence-corrected chi connectivity index (χ4v) is 5.45. The number of amides is 1. The number of rotatable bonds is 4. The van der Waals surface area contributed by atoms with Crippen molar-refractivity contribution in [2.24, 2.45) is 0 Å². The molecule has 1 heterocycles. The first-order chi connectivity index (χ1) is 11.8. The normalized spacial score (nSPS) is 15.5. The first kappa shape index (κ1) is 17.7. The summed E-state index contributed by atoms with van der Waals surface area (Å²) in [5, 5.41) is 2.80. The second-order valence-corrected chi connectivity index (χ2v) is 8.58. The van der Waals surface area contributed by atoms with Gasteiger partial charge in [0.2, 0.25) is 15.7 Å². The van der Waals surface area contributed by atoms with E-state index in [0.29, 0.717) is 11.4 Å². The molecule has 1 N–H and O–H groups in total. The minimum atomic E-state index is -3.71. The van der Waals surface area contributed by atoms with Crippen LogP contribution in [0.1, 0.15) is 49.9 Å². The van der Waals surface area contributed by atoms with Crippen molar-refractivity contribution in [2.45, 2.75) is 62.3 Å². The van der Waals surface area contributed by atoms with Crippen LogP contribution in [-0.4, -0.2) is 18.9 Å². The Morgan fingerprint density at radius 2 is 1.72 bits per heavy atom. The Labute approximate surface area is 149 Å². The van der Waals surface area contributed by atoms with Gasteiger partial charge in [0.05, 0.1) is 4.90 Å². The molecular formula is C19H24N2O3S. The van der Waals surface area contributed by atoms with E-state index in [-0.39, 0.29) is 21.7 Å². The largest absolute Gasteiger partial charge is 0.327 e. The maximum Gasteiger partial charge on any atom is 0.222 e. The summed E-state index contributed by atoms with van der Waals surface area (Å²) in [7, 11) is -3.71. The summed E-state index contributed by atoms with van der Waals surface area (Å²) in [6.45, 7) is 5.17. The molecule has 5 nitrogen and oxygen atoms in total. The first-order valence-corrected chi connectivity index (χ1v) is 10.1. The molecule has 0 radical (unpaired) electrons. The van der Waals surface area contributed by atoms with Gasteiger partial charge in [0.15, 0.2) is 0 Å². The fourth-order valence-electron chi connectivity index (χ4n) is 3.75. The summed E-state index contributed by atoms with van der Waals surface area (Å²) in [6.07, 6.45) is 4.27. The number of sulfone groups is 1. The van der Waals surface area contributed by atoms with Crippen molar-refractivity contribution in [3.8, 4) is 0 Å². The van der Waals surface area contributed by atoms with Crippen molar-refractivity contribution in [3.05, 3.63) is 41.6 Å². The van der Waals surface area contributed by atoms with Crippen LogP contribution in [0.15, 0.2) is 40.1 Å². The van der Waals surface area contributed by atoms with Gasteiger partial charge in [-0.25, -0.2) is 8.42 Å². The Balaban J connectivity index is 2.25. The summed E-state index contributed by atoms with van der Waals surface area (Å²) in [5.74, 6) is 0.152. The number of benzene rings is 1. The zero-order valence-electron chi connectivity index (χ0n) is 14.9. The predicted octanol–water partition coefficient (Wildman–Crippen LogP) is 4.01. The lowest BCUT2D eigenvalue weighted by molar-refractivity contribution is -0.114. The number of carbonyl (C=O) groups excluding carboxylic acids is 1. The minimum Gasteiger partial charge on any atom is -0.327 e. The van der Waals surface area contributed by atoms with Gasteiger partial charge in [-0.15, -0.1) is 0 Å². The van der Waals surface area contributed by atoms with Crippen LogP contribution in [0, 0.1) is 13.8 Å². The van der Waals surface area contributed by atoms with Crippen molar-refractivity contribution in [1.29, 1.82) is 0 Å². The molecule has 0 bridgehead atoms. The highest BCUT2D eigenvalue weighted by Crippen LogP contribution is 2.41. The Hall–Kier alpha value is -2.08. The van der Waals surface area contributed by atoms with Crippen molar-refractivity contribution in [3.63, 3.8) is 0 Å². The Morgan fingerprint density at radius 1 is 1.12 bits per heavy atom. The van der Waals surface area contributed by atoms with Crippen LogP contribution in [-0.2, 0) is 14.6 Å². The van der Waals surface area contributed by atoms with Crippen LogP contribution in [0.2, 0.25) is 0 Å². The Bertz CT molecular complexity index is 892. The lowest BCUT2D eigenvalue weighted by atomic mass is 10.2. The van der Waals surface area contributed by atoms with E-state index in [1.807, 2.05) is 18.4 Å². The fraction of sp³-hybridized carbons (Fsp3) is 0.421. The summed E-state index contributed by atoms with van der Waals surface area (Å²) in [5.41, 5.74) is 1.62. The number of carbonyl (C=O) groups is 1. The van der Waals surface area contributed by atoms with Gasteiger partial charge in [-0.3, -0.25) is 4.79 Å². The molecule has 1 saturated carbocycles. The van der Waals surface area contributed by atoms with Crippen LogP contribution in [0.4, 0.5) is 5.82 Å². The van der Waals surface area contributed by atoms with E-state index in [1.54, 1.807) is 30.3 Å². The average molecular weight is 360 g/mol. The van der Waals surface area contributed by atoms with E-state index >= 15 is 0 Å². The van der Waals surface area contributed by atoms with Gasteiger partial charge in [-0.05, 0) is 44.4 Å². The summed E-state index contributed by atoms with van der Waals surface area (Å²) >= 11 is 0. The maximum absolute atomic E-state index is 13.3. The van der Waals surface area contributed by atoms with Crippen molar-refractivity contribution in [1.82, 2.24) is 4.57 Å². The number of hydrogen-bond acceptors (Lipinski definition) is 3. The van der Waals surface area contributed by atoms with E-state index in [1.165, 1.54) is 6.92 Å². The van der Waals surface area contributed by atoms with Gasteiger partial charge in [0.1, 0.15) is 10.7 Å². The van der Waals surface area contributed by atoms with Crippen LogP contribution in [0.25, 0.3) is 0 Å². The molecule has 0 aliphatic heterocycles. The van der Waals surface area contributed by atoms with Gasteiger partial charge in [-0.2, -0.15) is 0 Å². The molecule has 134 valence electrons. The standard InChI is InChI=1S/C19H24N2O3S/c1-13-14(2)21(16-9-7-8-10-16)19(20-15(3)22)18(13)25(23,24)17-11-5-4-6-12-17/h4-6,11-12,16H,7-10H2,1-3H3,(H,20,22). The van der Waals surface area contributed by atoms with E-state index in [9.17, 15) is 13.2 Å². The Morgan fingerprint density at radius 3 is 2.28 bits per heavy atom. The number of nitrogens with one attached hydrogen (secondary N) is 1. The monoisotopic (exact) mass is 360 g/mol. The lowest BCUT2D eigenvalue weighted by Crippen LogP contribution is -2.17. The summed E-state index contributed by atoms with van der Waals surface area (Å²) in [4.78, 5) is 12.3. The highest BCUT2D eigenvalue weighted by atomic mass is 32.2.